The number of piperazine rings is 1. The van der Waals surface area contributed by atoms with Gasteiger partial charge in [0, 0.05) is 52.3 Å². The van der Waals surface area contributed by atoms with Crippen molar-refractivity contribution in [3.05, 3.63) is 29.8 Å². The second kappa shape index (κ2) is 12.5. The normalized spacial score (nSPS) is 19.0. The maximum Gasteiger partial charge on any atom is 0.490 e. The minimum Gasteiger partial charge on any atom is -0.475 e. The van der Waals surface area contributed by atoms with Gasteiger partial charge in [0.05, 0.1) is 11.0 Å². The van der Waals surface area contributed by atoms with Gasteiger partial charge in [-0.3, -0.25) is 4.79 Å². The van der Waals surface area contributed by atoms with E-state index in [9.17, 15) is 26.4 Å². The molecule has 1 unspecified atom stereocenters. The smallest absolute Gasteiger partial charge is 0.475 e. The van der Waals surface area contributed by atoms with Gasteiger partial charge in [-0.05, 0) is 31.9 Å². The molecule has 2 aliphatic rings. The van der Waals surface area contributed by atoms with Crippen molar-refractivity contribution >= 4 is 21.9 Å². The van der Waals surface area contributed by atoms with Crippen molar-refractivity contribution in [2.24, 2.45) is 0 Å². The molecule has 1 atom stereocenters. The Morgan fingerprint density at radius 1 is 1.21 bits per heavy atom. The van der Waals surface area contributed by atoms with E-state index in [0.717, 1.165) is 31.5 Å². The van der Waals surface area contributed by atoms with Crippen LogP contribution in [0.5, 0.6) is 0 Å². The summed E-state index contributed by atoms with van der Waals surface area (Å²) in [5.41, 5.74) is 1.01. The molecule has 2 aliphatic heterocycles. The molecule has 2 fully saturated rings. The third-order valence-electron chi connectivity index (χ3n) is 5.38. The number of carboxylic acids is 1. The number of aliphatic carboxylic acids is 1. The quantitative estimate of drug-likeness (QED) is 0.574. The average Bonchev–Trinajstić information content (AvgIpc) is 3.30. The number of carboxylic acid groups (broad SMARTS) is 1. The van der Waals surface area contributed by atoms with E-state index in [1.54, 1.807) is 29.2 Å². The summed E-state index contributed by atoms with van der Waals surface area (Å²) in [6.45, 7) is 5.99. The van der Waals surface area contributed by atoms with Gasteiger partial charge in [-0.2, -0.15) is 17.5 Å². The molecule has 1 aromatic carbocycles. The number of nitrogens with one attached hydrogen (secondary N) is 1. The molecule has 34 heavy (non-hydrogen) atoms. The van der Waals surface area contributed by atoms with Crippen molar-refractivity contribution in [1.82, 2.24) is 14.5 Å². The maximum atomic E-state index is 13.2. The van der Waals surface area contributed by atoms with Crippen LogP contribution < -0.4 is 5.32 Å². The van der Waals surface area contributed by atoms with Crippen LogP contribution in [-0.4, -0.2) is 92.8 Å². The molecule has 2 heterocycles. The number of carbonyl (C=O) groups is 2. The molecule has 1 aromatic rings. The van der Waals surface area contributed by atoms with E-state index in [4.69, 9.17) is 14.6 Å². The van der Waals surface area contributed by atoms with Gasteiger partial charge in [-0.25, -0.2) is 13.2 Å². The van der Waals surface area contributed by atoms with Crippen molar-refractivity contribution in [2.45, 2.75) is 43.4 Å². The van der Waals surface area contributed by atoms with Gasteiger partial charge < -0.3 is 20.1 Å². The molecule has 0 spiro atoms. The minimum absolute atomic E-state index is 0.00736. The van der Waals surface area contributed by atoms with Crippen LogP contribution in [0.1, 0.15) is 24.8 Å². The predicted octanol–water partition coefficient (Wildman–Crippen LogP) is 1.62. The molecule has 0 aliphatic carbocycles. The third kappa shape index (κ3) is 8.53. The van der Waals surface area contributed by atoms with Crippen molar-refractivity contribution in [2.75, 3.05) is 45.9 Å². The van der Waals surface area contributed by atoms with Crippen LogP contribution in [-0.2, 0) is 24.3 Å². The Balaban J connectivity index is 0.000000509. The molecule has 9 nitrogen and oxygen atoms in total. The first kappa shape index (κ1) is 28.0. The van der Waals surface area contributed by atoms with Crippen LogP contribution in [0, 0.1) is 6.92 Å². The fraction of sp³-hybridized carbons (Fsp3) is 0.619. The summed E-state index contributed by atoms with van der Waals surface area (Å²) < 4.78 is 65.1. The van der Waals surface area contributed by atoms with Gasteiger partial charge >= 0.3 is 12.1 Å². The van der Waals surface area contributed by atoms with Gasteiger partial charge in [0.2, 0.25) is 15.9 Å². The second-order valence-corrected chi connectivity index (χ2v) is 9.93. The highest BCUT2D eigenvalue weighted by molar-refractivity contribution is 7.89. The SMILES string of the molecule is Cc1ccc(S(=O)(=O)N(CCC(=O)N2CCNCC2)CC2CCCO2)cc1.O=C(O)C(F)(F)F. The molecular weight excluding hydrogens is 479 g/mol. The summed E-state index contributed by atoms with van der Waals surface area (Å²) in [7, 11) is -3.66. The Morgan fingerprint density at radius 3 is 2.29 bits per heavy atom. The lowest BCUT2D eigenvalue weighted by Gasteiger charge is -2.29. The first-order valence-corrected chi connectivity index (χ1v) is 12.3. The summed E-state index contributed by atoms with van der Waals surface area (Å²) in [5.74, 6) is -2.75. The van der Waals surface area contributed by atoms with Gasteiger partial charge in [0.15, 0.2) is 0 Å². The molecule has 192 valence electrons. The summed E-state index contributed by atoms with van der Waals surface area (Å²) in [5, 5.41) is 10.3. The highest BCUT2D eigenvalue weighted by Crippen LogP contribution is 2.21. The largest absolute Gasteiger partial charge is 0.490 e. The number of benzene rings is 1. The number of ether oxygens (including phenoxy) is 1. The van der Waals surface area contributed by atoms with Crippen LogP contribution in [0.25, 0.3) is 0 Å². The Morgan fingerprint density at radius 2 is 1.79 bits per heavy atom. The Hall–Kier alpha value is -2.22. The van der Waals surface area contributed by atoms with Gasteiger partial charge in [-0.15, -0.1) is 0 Å². The summed E-state index contributed by atoms with van der Waals surface area (Å²) in [6, 6.07) is 6.85. The van der Waals surface area contributed by atoms with Gasteiger partial charge in [-0.1, -0.05) is 17.7 Å². The van der Waals surface area contributed by atoms with Crippen molar-refractivity contribution in [1.29, 1.82) is 0 Å². The zero-order valence-electron chi connectivity index (χ0n) is 18.9. The van der Waals surface area contributed by atoms with E-state index < -0.39 is 22.2 Å². The van der Waals surface area contributed by atoms with Crippen molar-refractivity contribution in [3.63, 3.8) is 0 Å². The number of amides is 1. The molecule has 2 N–H and O–H groups in total. The van der Waals surface area contributed by atoms with Crippen LogP contribution in [0.4, 0.5) is 13.2 Å². The topological polar surface area (TPSA) is 116 Å². The molecule has 0 aromatic heterocycles. The number of nitrogens with zero attached hydrogens (tertiary/aromatic N) is 2. The monoisotopic (exact) mass is 509 g/mol. The van der Waals surface area contributed by atoms with E-state index >= 15 is 0 Å². The fourth-order valence-electron chi connectivity index (χ4n) is 3.48. The fourth-order valence-corrected chi connectivity index (χ4v) is 4.95. The molecule has 2 saturated heterocycles. The predicted molar refractivity (Wildman–Crippen MR) is 117 cm³/mol. The maximum absolute atomic E-state index is 13.2. The zero-order chi connectivity index (χ0) is 25.4. The second-order valence-electron chi connectivity index (χ2n) is 7.99. The minimum atomic E-state index is -5.08. The standard InChI is InChI=1S/C19H29N3O4S.C2HF3O2/c1-16-4-6-18(7-5-16)27(24,25)22(15-17-3-2-14-26-17)11-8-19(23)21-12-9-20-10-13-21;3-2(4,5)1(6)7/h4-7,17,20H,2-3,8-15H2,1H3;(H,6,7). The van der Waals surface area contributed by atoms with Crippen molar-refractivity contribution < 1.29 is 41.0 Å². The lowest BCUT2D eigenvalue weighted by Crippen LogP contribution is -2.47. The Labute approximate surface area is 196 Å². The van der Waals surface area contributed by atoms with Gasteiger partial charge in [0.1, 0.15) is 0 Å². The number of alkyl halides is 3. The molecule has 3 rings (SSSR count). The van der Waals surface area contributed by atoms with Crippen LogP contribution in [0.3, 0.4) is 0 Å². The molecule has 13 heteroatoms. The van der Waals surface area contributed by atoms with Gasteiger partial charge in [0.25, 0.3) is 0 Å². The number of rotatable bonds is 7. The molecular formula is C21H30F3N3O6S. The van der Waals surface area contributed by atoms with E-state index in [1.165, 1.54) is 4.31 Å². The number of aryl methyl sites for hydroxylation is 1. The Bertz CT molecular complexity index is 913. The van der Waals surface area contributed by atoms with Crippen molar-refractivity contribution in [3.8, 4) is 0 Å². The molecule has 0 radical (unpaired) electrons. The van der Waals surface area contributed by atoms with E-state index in [0.29, 0.717) is 26.2 Å². The first-order chi connectivity index (χ1) is 15.9. The molecule has 0 bridgehead atoms. The number of halogens is 3. The first-order valence-electron chi connectivity index (χ1n) is 10.9. The lowest BCUT2D eigenvalue weighted by atomic mass is 10.2. The summed E-state index contributed by atoms with van der Waals surface area (Å²) in [6.07, 6.45) is -3.19. The number of carbonyl (C=O) groups excluding carboxylic acids is 1. The van der Waals surface area contributed by atoms with E-state index in [1.807, 2.05) is 6.92 Å². The average molecular weight is 510 g/mol. The number of sulfonamides is 1. The lowest BCUT2D eigenvalue weighted by molar-refractivity contribution is -0.192. The number of hydrogen-bond acceptors (Lipinski definition) is 6. The third-order valence-corrected chi connectivity index (χ3v) is 7.26. The van der Waals surface area contributed by atoms with Crippen LogP contribution >= 0.6 is 0 Å². The van der Waals surface area contributed by atoms with Crippen LogP contribution in [0.15, 0.2) is 29.2 Å². The molecule has 0 saturated carbocycles. The highest BCUT2D eigenvalue weighted by atomic mass is 32.2. The summed E-state index contributed by atoms with van der Waals surface area (Å²) in [4.78, 5) is 23.5. The zero-order valence-corrected chi connectivity index (χ0v) is 19.7. The van der Waals surface area contributed by atoms with E-state index in [-0.39, 0.29) is 29.9 Å². The highest BCUT2D eigenvalue weighted by Gasteiger charge is 2.38. The van der Waals surface area contributed by atoms with Crippen LogP contribution in [0.2, 0.25) is 0 Å². The molecule has 1 amide bonds. The summed E-state index contributed by atoms with van der Waals surface area (Å²) >= 11 is 0. The number of hydrogen-bond donors (Lipinski definition) is 2. The Kier molecular flexibility index (Phi) is 10.3. The van der Waals surface area contributed by atoms with E-state index in [2.05, 4.69) is 5.32 Å².